The average molecular weight is 626 g/mol. The maximum Gasteiger partial charge on any atom is 0.167 e. The van der Waals surface area contributed by atoms with Crippen molar-refractivity contribution in [1.29, 1.82) is 0 Å². The number of para-hydroxylation sites is 2. The molecule has 0 unspecified atom stereocenters. The minimum absolute atomic E-state index is 0.574. The molecule has 49 heavy (non-hydrogen) atoms. The third kappa shape index (κ3) is 4.49. The van der Waals surface area contributed by atoms with Gasteiger partial charge < -0.3 is 4.42 Å². The number of aromatic nitrogens is 3. The Hall–Kier alpha value is -6.65. The summed E-state index contributed by atoms with van der Waals surface area (Å²) in [5.74, 6) is 1.80. The molecule has 4 heteroatoms. The van der Waals surface area contributed by atoms with Crippen LogP contribution in [0.2, 0.25) is 0 Å². The molecule has 0 aliphatic heterocycles. The lowest BCUT2D eigenvalue weighted by Gasteiger charge is -2.14. The van der Waals surface area contributed by atoms with Crippen molar-refractivity contribution >= 4 is 54.3 Å². The Morgan fingerprint density at radius 1 is 0.347 bits per heavy atom. The highest BCUT2D eigenvalue weighted by Crippen LogP contribution is 2.40. The fraction of sp³-hybridized carbons (Fsp3) is 0. The third-order valence-electron chi connectivity index (χ3n) is 9.51. The summed E-state index contributed by atoms with van der Waals surface area (Å²) < 4.78 is 6.39. The first-order chi connectivity index (χ1) is 24.3. The highest BCUT2D eigenvalue weighted by molar-refractivity contribution is 6.20. The Morgan fingerprint density at radius 2 is 0.959 bits per heavy atom. The average Bonchev–Trinajstić information content (AvgIpc) is 3.56. The standard InChI is InChI=1S/C45H27N3O/c1-2-12-30(13-3-1)43-46-44(48-45(47-43)38-19-10-18-37-35-17-8-9-20-40(35)49-42(37)38)31-23-21-29(22-24-31)41-34-16-7-5-14-32(34)27-39-33-15-6-4-11-28(33)25-26-36(39)41/h1-27H. The maximum atomic E-state index is 6.39. The molecule has 10 rings (SSSR count). The van der Waals surface area contributed by atoms with Crippen molar-refractivity contribution in [3.05, 3.63) is 164 Å². The summed E-state index contributed by atoms with van der Waals surface area (Å²) >= 11 is 0. The predicted octanol–water partition coefficient (Wildman–Crippen LogP) is 11.9. The van der Waals surface area contributed by atoms with E-state index in [-0.39, 0.29) is 0 Å². The first kappa shape index (κ1) is 27.5. The lowest BCUT2D eigenvalue weighted by atomic mass is 9.89. The fourth-order valence-electron chi connectivity index (χ4n) is 7.18. The van der Waals surface area contributed by atoms with Gasteiger partial charge in [0, 0.05) is 21.9 Å². The number of hydrogen-bond donors (Lipinski definition) is 0. The summed E-state index contributed by atoms with van der Waals surface area (Å²) in [6, 6.07) is 57.0. The molecule has 0 radical (unpaired) electrons. The minimum Gasteiger partial charge on any atom is -0.455 e. The molecule has 0 spiro atoms. The first-order valence-corrected chi connectivity index (χ1v) is 16.4. The molecule has 0 aliphatic rings. The Morgan fingerprint density at radius 3 is 1.78 bits per heavy atom. The fourth-order valence-corrected chi connectivity index (χ4v) is 7.18. The zero-order valence-electron chi connectivity index (χ0n) is 26.3. The summed E-state index contributed by atoms with van der Waals surface area (Å²) in [5.41, 5.74) is 6.65. The molecule has 228 valence electrons. The molecular formula is C45H27N3O. The molecule has 8 aromatic carbocycles. The normalized spacial score (nSPS) is 11.7. The van der Waals surface area contributed by atoms with E-state index < -0.39 is 0 Å². The molecule has 0 saturated heterocycles. The zero-order chi connectivity index (χ0) is 32.3. The van der Waals surface area contributed by atoms with Crippen LogP contribution in [-0.2, 0) is 0 Å². The Bertz CT molecular complexity index is 2870. The van der Waals surface area contributed by atoms with Gasteiger partial charge in [-0.3, -0.25) is 0 Å². The van der Waals surface area contributed by atoms with Crippen LogP contribution >= 0.6 is 0 Å². The number of benzene rings is 8. The lowest BCUT2D eigenvalue weighted by Crippen LogP contribution is -2.00. The van der Waals surface area contributed by atoms with Crippen LogP contribution in [0.4, 0.5) is 0 Å². The molecule has 0 N–H and O–H groups in total. The van der Waals surface area contributed by atoms with Crippen LogP contribution in [0, 0.1) is 0 Å². The van der Waals surface area contributed by atoms with Crippen LogP contribution in [0.5, 0.6) is 0 Å². The molecule has 0 saturated carbocycles. The summed E-state index contributed by atoms with van der Waals surface area (Å²) in [5, 5.41) is 9.55. The van der Waals surface area contributed by atoms with Crippen LogP contribution < -0.4 is 0 Å². The minimum atomic E-state index is 0.574. The van der Waals surface area contributed by atoms with Gasteiger partial charge in [-0.05, 0) is 61.6 Å². The van der Waals surface area contributed by atoms with Gasteiger partial charge in [0.15, 0.2) is 17.5 Å². The van der Waals surface area contributed by atoms with Gasteiger partial charge in [-0.25, -0.2) is 15.0 Å². The van der Waals surface area contributed by atoms with E-state index >= 15 is 0 Å². The number of nitrogens with zero attached hydrogens (tertiary/aromatic N) is 3. The van der Waals surface area contributed by atoms with Crippen LogP contribution in [0.15, 0.2) is 168 Å². The van der Waals surface area contributed by atoms with E-state index in [0.29, 0.717) is 17.5 Å². The molecule has 0 fully saturated rings. The van der Waals surface area contributed by atoms with E-state index in [1.165, 1.54) is 37.9 Å². The van der Waals surface area contributed by atoms with E-state index in [1.54, 1.807) is 0 Å². The van der Waals surface area contributed by atoms with Gasteiger partial charge in [0.25, 0.3) is 0 Å². The van der Waals surface area contributed by atoms with Crippen molar-refractivity contribution in [2.24, 2.45) is 0 Å². The van der Waals surface area contributed by atoms with Gasteiger partial charge in [0.2, 0.25) is 0 Å². The van der Waals surface area contributed by atoms with Crippen molar-refractivity contribution in [3.8, 4) is 45.3 Å². The van der Waals surface area contributed by atoms with Gasteiger partial charge in [0.1, 0.15) is 11.2 Å². The molecule has 4 nitrogen and oxygen atoms in total. The second-order valence-electron chi connectivity index (χ2n) is 12.4. The predicted molar refractivity (Wildman–Crippen MR) is 201 cm³/mol. The second kappa shape index (κ2) is 11.0. The van der Waals surface area contributed by atoms with E-state index in [4.69, 9.17) is 19.4 Å². The molecule has 0 atom stereocenters. The molecule has 2 aromatic heterocycles. The number of hydrogen-bond acceptors (Lipinski definition) is 4. The topological polar surface area (TPSA) is 51.8 Å². The second-order valence-corrected chi connectivity index (χ2v) is 12.4. The van der Waals surface area contributed by atoms with Crippen molar-refractivity contribution in [3.63, 3.8) is 0 Å². The van der Waals surface area contributed by atoms with E-state index in [1.807, 2.05) is 60.7 Å². The van der Waals surface area contributed by atoms with Crippen molar-refractivity contribution in [1.82, 2.24) is 15.0 Å². The number of furan rings is 1. The number of fused-ring (bicyclic) bond motifs is 7. The molecular weight excluding hydrogens is 599 g/mol. The van der Waals surface area contributed by atoms with Crippen molar-refractivity contribution in [2.75, 3.05) is 0 Å². The third-order valence-corrected chi connectivity index (χ3v) is 9.51. The highest BCUT2D eigenvalue weighted by atomic mass is 16.3. The Labute approximate surface area is 282 Å². The van der Waals surface area contributed by atoms with E-state index in [9.17, 15) is 0 Å². The van der Waals surface area contributed by atoms with Crippen molar-refractivity contribution in [2.45, 2.75) is 0 Å². The van der Waals surface area contributed by atoms with Gasteiger partial charge in [0.05, 0.1) is 5.56 Å². The SMILES string of the molecule is c1ccc(-c2nc(-c3ccc(-c4c5ccccc5cc5c4ccc4ccccc45)cc3)nc(-c3cccc4c3oc3ccccc34)n2)cc1. The zero-order valence-corrected chi connectivity index (χ0v) is 26.3. The quantitative estimate of drug-likeness (QED) is 0.144. The summed E-state index contributed by atoms with van der Waals surface area (Å²) in [6.07, 6.45) is 0. The van der Waals surface area contributed by atoms with Crippen LogP contribution in [0.3, 0.4) is 0 Å². The molecule has 0 amide bonds. The molecule has 2 heterocycles. The van der Waals surface area contributed by atoms with Gasteiger partial charge in [-0.2, -0.15) is 0 Å². The van der Waals surface area contributed by atoms with Crippen LogP contribution in [0.1, 0.15) is 0 Å². The summed E-state index contributed by atoms with van der Waals surface area (Å²) in [7, 11) is 0. The Balaban J connectivity index is 1.16. The first-order valence-electron chi connectivity index (χ1n) is 16.4. The number of rotatable bonds is 4. The summed E-state index contributed by atoms with van der Waals surface area (Å²) in [4.78, 5) is 15.1. The van der Waals surface area contributed by atoms with Gasteiger partial charge in [-0.15, -0.1) is 0 Å². The van der Waals surface area contributed by atoms with E-state index in [0.717, 1.165) is 44.2 Å². The molecule has 10 aromatic rings. The van der Waals surface area contributed by atoms with E-state index in [2.05, 4.69) is 103 Å². The lowest BCUT2D eigenvalue weighted by molar-refractivity contribution is 0.669. The molecule has 0 bridgehead atoms. The summed E-state index contributed by atoms with van der Waals surface area (Å²) in [6.45, 7) is 0. The maximum absolute atomic E-state index is 6.39. The highest BCUT2D eigenvalue weighted by Gasteiger charge is 2.18. The molecule has 0 aliphatic carbocycles. The Kier molecular flexibility index (Phi) is 6.15. The van der Waals surface area contributed by atoms with Gasteiger partial charge in [-0.1, -0.05) is 146 Å². The van der Waals surface area contributed by atoms with Crippen molar-refractivity contribution < 1.29 is 4.42 Å². The smallest absolute Gasteiger partial charge is 0.167 e. The van der Waals surface area contributed by atoms with Crippen LogP contribution in [-0.4, -0.2) is 15.0 Å². The largest absolute Gasteiger partial charge is 0.455 e. The monoisotopic (exact) mass is 625 g/mol. The van der Waals surface area contributed by atoms with Gasteiger partial charge >= 0.3 is 0 Å². The van der Waals surface area contributed by atoms with Crippen LogP contribution in [0.25, 0.3) is 99.5 Å².